The highest BCUT2D eigenvalue weighted by molar-refractivity contribution is 5.32. The van der Waals surface area contributed by atoms with Crippen LogP contribution in [0.3, 0.4) is 0 Å². The summed E-state index contributed by atoms with van der Waals surface area (Å²) >= 11 is 0. The van der Waals surface area contributed by atoms with Crippen LogP contribution in [0.15, 0.2) is 24.3 Å². The molecule has 3 aliphatic heterocycles. The second-order valence-corrected chi connectivity index (χ2v) is 8.35. The molecule has 1 aromatic carbocycles. The molecular weight excluding hydrogens is 308 g/mol. The fraction of sp³-hybridized carbons (Fsp3) is 0.727. The van der Waals surface area contributed by atoms with Gasteiger partial charge in [-0.05, 0) is 94.1 Å². The zero-order chi connectivity index (χ0) is 16.9. The molecule has 0 spiro atoms. The third kappa shape index (κ3) is 4.57. The lowest BCUT2D eigenvalue weighted by atomic mass is 9.94. The Morgan fingerprint density at radius 2 is 2.16 bits per heavy atom. The van der Waals surface area contributed by atoms with E-state index in [9.17, 15) is 0 Å². The third-order valence-electron chi connectivity index (χ3n) is 6.51. The maximum absolute atomic E-state index is 6.08. The Kier molecular flexibility index (Phi) is 5.94. The van der Waals surface area contributed by atoms with E-state index in [1.54, 1.807) is 0 Å². The number of ether oxygens (including phenoxy) is 1. The number of fused-ring (bicyclic) bond motifs is 1. The van der Waals surface area contributed by atoms with Gasteiger partial charge in [-0.3, -0.25) is 4.90 Å². The van der Waals surface area contributed by atoms with E-state index in [4.69, 9.17) is 4.74 Å². The number of rotatable bonds is 6. The largest absolute Gasteiger partial charge is 0.494 e. The molecule has 3 heteroatoms. The van der Waals surface area contributed by atoms with Gasteiger partial charge in [-0.2, -0.15) is 0 Å². The number of piperidine rings is 2. The molecule has 138 valence electrons. The molecule has 3 heterocycles. The topological polar surface area (TPSA) is 24.5 Å². The van der Waals surface area contributed by atoms with E-state index in [1.807, 2.05) is 0 Å². The zero-order valence-corrected chi connectivity index (χ0v) is 15.6. The van der Waals surface area contributed by atoms with Crippen molar-refractivity contribution >= 4 is 0 Å². The Bertz CT molecular complexity index is 527. The van der Waals surface area contributed by atoms with Crippen molar-refractivity contribution in [3.05, 3.63) is 29.8 Å². The van der Waals surface area contributed by atoms with Crippen LogP contribution in [0.2, 0.25) is 0 Å². The first-order chi connectivity index (χ1) is 12.4. The average molecular weight is 343 g/mol. The Hall–Kier alpha value is -1.06. The minimum Gasteiger partial charge on any atom is -0.494 e. The highest BCUT2D eigenvalue weighted by atomic mass is 16.5. The normalized spacial score (nSPS) is 30.2. The van der Waals surface area contributed by atoms with Crippen molar-refractivity contribution in [3.63, 3.8) is 0 Å². The van der Waals surface area contributed by atoms with E-state index in [-0.39, 0.29) is 0 Å². The van der Waals surface area contributed by atoms with Crippen LogP contribution in [0.5, 0.6) is 5.75 Å². The maximum Gasteiger partial charge on any atom is 0.119 e. The maximum atomic E-state index is 6.08. The molecule has 4 rings (SSSR count). The fourth-order valence-corrected chi connectivity index (χ4v) is 5.09. The van der Waals surface area contributed by atoms with E-state index in [1.165, 1.54) is 83.1 Å². The molecule has 0 amide bonds. The van der Waals surface area contributed by atoms with Crippen molar-refractivity contribution in [2.75, 3.05) is 32.8 Å². The summed E-state index contributed by atoms with van der Waals surface area (Å²) in [6, 6.07) is 9.78. The molecule has 0 aromatic heterocycles. The Morgan fingerprint density at radius 3 is 3.04 bits per heavy atom. The Morgan fingerprint density at radius 1 is 1.16 bits per heavy atom. The molecule has 0 radical (unpaired) electrons. The van der Waals surface area contributed by atoms with Crippen LogP contribution < -0.4 is 10.1 Å². The van der Waals surface area contributed by atoms with Gasteiger partial charge in [-0.1, -0.05) is 18.6 Å². The summed E-state index contributed by atoms with van der Waals surface area (Å²) in [5, 5.41) is 3.51. The van der Waals surface area contributed by atoms with E-state index in [0.29, 0.717) is 5.92 Å². The van der Waals surface area contributed by atoms with Crippen molar-refractivity contribution in [3.8, 4) is 5.75 Å². The molecule has 3 saturated heterocycles. The summed E-state index contributed by atoms with van der Waals surface area (Å²) in [7, 11) is 0. The zero-order valence-electron chi connectivity index (χ0n) is 15.6. The number of hydrogen-bond donors (Lipinski definition) is 1. The van der Waals surface area contributed by atoms with Gasteiger partial charge in [0.25, 0.3) is 0 Å². The van der Waals surface area contributed by atoms with Crippen molar-refractivity contribution in [1.82, 2.24) is 10.2 Å². The van der Waals surface area contributed by atoms with Gasteiger partial charge in [0.2, 0.25) is 0 Å². The first kappa shape index (κ1) is 17.4. The van der Waals surface area contributed by atoms with Gasteiger partial charge in [-0.15, -0.1) is 0 Å². The summed E-state index contributed by atoms with van der Waals surface area (Å²) in [6.45, 7) is 5.84. The van der Waals surface area contributed by atoms with Crippen LogP contribution in [-0.2, 0) is 0 Å². The van der Waals surface area contributed by atoms with E-state index < -0.39 is 0 Å². The molecular formula is C22H34N2O. The minimum absolute atomic E-state index is 0.708. The molecule has 3 fully saturated rings. The van der Waals surface area contributed by atoms with Gasteiger partial charge in [0, 0.05) is 12.6 Å². The van der Waals surface area contributed by atoms with Crippen molar-refractivity contribution < 1.29 is 4.74 Å². The Balaban J connectivity index is 1.25. The number of nitrogens with zero attached hydrogens (tertiary/aromatic N) is 1. The van der Waals surface area contributed by atoms with Crippen LogP contribution in [0.1, 0.15) is 62.8 Å². The summed E-state index contributed by atoms with van der Waals surface area (Å²) in [6.07, 6.45) is 10.8. The number of nitrogens with one attached hydrogen (secondary N) is 1. The lowest BCUT2D eigenvalue weighted by Gasteiger charge is -2.28. The fourth-order valence-electron chi connectivity index (χ4n) is 5.09. The van der Waals surface area contributed by atoms with E-state index in [0.717, 1.165) is 24.3 Å². The predicted molar refractivity (Wildman–Crippen MR) is 103 cm³/mol. The first-order valence-corrected chi connectivity index (χ1v) is 10.6. The van der Waals surface area contributed by atoms with Gasteiger partial charge in [0.1, 0.15) is 5.75 Å². The third-order valence-corrected chi connectivity index (χ3v) is 6.51. The van der Waals surface area contributed by atoms with Gasteiger partial charge in [0.15, 0.2) is 0 Å². The second-order valence-electron chi connectivity index (χ2n) is 8.35. The summed E-state index contributed by atoms with van der Waals surface area (Å²) in [4.78, 5) is 2.72. The smallest absolute Gasteiger partial charge is 0.119 e. The molecule has 0 saturated carbocycles. The lowest BCUT2D eigenvalue weighted by Crippen LogP contribution is -2.33. The van der Waals surface area contributed by atoms with E-state index in [2.05, 4.69) is 34.5 Å². The van der Waals surface area contributed by atoms with Crippen LogP contribution in [0.4, 0.5) is 0 Å². The predicted octanol–water partition coefficient (Wildman–Crippen LogP) is 4.19. The van der Waals surface area contributed by atoms with Gasteiger partial charge in [0.05, 0.1) is 6.61 Å². The standard InChI is InChI=1S/C22H34N2O/c1-2-12-24-17-20(14-21(24)9-1)19-8-3-10-22(15-19)25-13-5-7-18-6-4-11-23-16-18/h3,8,10,15,18,20-21,23H,1-2,4-7,9,11-14,16-17H2. The van der Waals surface area contributed by atoms with Crippen molar-refractivity contribution in [1.29, 1.82) is 0 Å². The quantitative estimate of drug-likeness (QED) is 0.785. The lowest BCUT2D eigenvalue weighted by molar-refractivity contribution is 0.197. The molecule has 3 atom stereocenters. The van der Waals surface area contributed by atoms with Gasteiger partial charge < -0.3 is 10.1 Å². The van der Waals surface area contributed by atoms with Crippen molar-refractivity contribution in [2.24, 2.45) is 5.92 Å². The highest BCUT2D eigenvalue weighted by Crippen LogP contribution is 2.37. The SMILES string of the molecule is c1cc(OCCCC2CCCNC2)cc(C2CC3CCCCN3C2)c1. The van der Waals surface area contributed by atoms with Crippen LogP contribution >= 0.6 is 0 Å². The van der Waals surface area contributed by atoms with Crippen molar-refractivity contribution in [2.45, 2.75) is 63.3 Å². The number of hydrogen-bond acceptors (Lipinski definition) is 3. The Labute approximate surface area is 153 Å². The summed E-state index contributed by atoms with van der Waals surface area (Å²) < 4.78 is 6.08. The molecule has 3 unspecified atom stereocenters. The molecule has 1 aromatic rings. The minimum atomic E-state index is 0.708. The van der Waals surface area contributed by atoms with Gasteiger partial charge >= 0.3 is 0 Å². The van der Waals surface area contributed by atoms with Gasteiger partial charge in [-0.25, -0.2) is 0 Å². The summed E-state index contributed by atoms with van der Waals surface area (Å²) in [5.74, 6) is 2.64. The highest BCUT2D eigenvalue weighted by Gasteiger charge is 2.34. The van der Waals surface area contributed by atoms with Crippen LogP contribution in [0.25, 0.3) is 0 Å². The molecule has 3 nitrogen and oxygen atoms in total. The number of benzene rings is 1. The first-order valence-electron chi connectivity index (χ1n) is 10.6. The molecule has 3 aliphatic rings. The molecule has 0 bridgehead atoms. The van der Waals surface area contributed by atoms with Crippen LogP contribution in [-0.4, -0.2) is 43.7 Å². The second kappa shape index (κ2) is 8.55. The van der Waals surface area contributed by atoms with E-state index >= 15 is 0 Å². The average Bonchev–Trinajstić information content (AvgIpc) is 3.11. The molecule has 0 aliphatic carbocycles. The molecule has 1 N–H and O–H groups in total. The van der Waals surface area contributed by atoms with Crippen LogP contribution in [0, 0.1) is 5.92 Å². The summed E-state index contributed by atoms with van der Waals surface area (Å²) in [5.41, 5.74) is 1.49. The monoisotopic (exact) mass is 342 g/mol. The molecule has 25 heavy (non-hydrogen) atoms.